The number of imide groups is 1. The summed E-state index contributed by atoms with van der Waals surface area (Å²) in [7, 11) is 0. The molecule has 0 radical (unpaired) electrons. The summed E-state index contributed by atoms with van der Waals surface area (Å²) in [6.45, 7) is 4.86. The molecule has 0 atom stereocenters. The quantitative estimate of drug-likeness (QED) is 0.297. The molecular weight excluding hydrogens is 514 g/mol. The van der Waals surface area contributed by atoms with Gasteiger partial charge in [0, 0.05) is 10.0 Å². The molecule has 5 nitrogen and oxygen atoms in total. The van der Waals surface area contributed by atoms with Crippen LogP contribution in [0.5, 0.6) is 11.5 Å². The first-order chi connectivity index (χ1) is 16.4. The minimum Gasteiger partial charge on any atom is -0.492 e. The summed E-state index contributed by atoms with van der Waals surface area (Å²) < 4.78 is 12.6. The number of rotatable bonds is 8. The van der Waals surface area contributed by atoms with Gasteiger partial charge < -0.3 is 9.47 Å². The summed E-state index contributed by atoms with van der Waals surface area (Å²) in [4.78, 5) is 27.0. The van der Waals surface area contributed by atoms with Crippen LogP contribution in [0.25, 0.3) is 6.08 Å². The van der Waals surface area contributed by atoms with Crippen LogP contribution in [-0.2, 0) is 11.4 Å². The van der Waals surface area contributed by atoms with Crippen LogP contribution in [0.15, 0.2) is 76.1 Å². The van der Waals surface area contributed by atoms with Gasteiger partial charge >= 0.3 is 0 Å². The first-order valence-electron chi connectivity index (χ1n) is 10.8. The highest BCUT2D eigenvalue weighted by molar-refractivity contribution is 9.10. The Balaban J connectivity index is 1.43. The Morgan fingerprint density at radius 3 is 2.29 bits per heavy atom. The van der Waals surface area contributed by atoms with Crippen LogP contribution < -0.4 is 9.47 Å². The van der Waals surface area contributed by atoms with Crippen molar-refractivity contribution >= 4 is 44.9 Å². The molecule has 1 fully saturated rings. The van der Waals surface area contributed by atoms with E-state index in [4.69, 9.17) is 9.47 Å². The van der Waals surface area contributed by atoms with E-state index in [9.17, 15) is 9.59 Å². The fourth-order valence-corrected chi connectivity index (χ4v) is 4.57. The molecule has 7 heteroatoms. The predicted molar refractivity (Wildman–Crippen MR) is 139 cm³/mol. The maximum absolute atomic E-state index is 12.9. The highest BCUT2D eigenvalue weighted by Crippen LogP contribution is 2.35. The number of carbonyl (C=O) groups is 2. The molecule has 0 bridgehead atoms. The maximum Gasteiger partial charge on any atom is 0.293 e. The average molecular weight is 538 g/mol. The summed E-state index contributed by atoms with van der Waals surface area (Å²) in [6.07, 6.45) is 1.71. The molecule has 2 amide bonds. The van der Waals surface area contributed by atoms with E-state index in [1.54, 1.807) is 6.08 Å². The molecule has 0 N–H and O–H groups in total. The summed E-state index contributed by atoms with van der Waals surface area (Å²) in [5, 5.41) is -0.305. The van der Waals surface area contributed by atoms with Crippen LogP contribution >= 0.6 is 27.7 Å². The zero-order chi connectivity index (χ0) is 24.1. The molecular formula is C27H24BrNO4S. The second-order valence-electron chi connectivity index (χ2n) is 7.95. The van der Waals surface area contributed by atoms with E-state index in [-0.39, 0.29) is 24.3 Å². The lowest BCUT2D eigenvalue weighted by Crippen LogP contribution is -2.32. The van der Waals surface area contributed by atoms with E-state index in [2.05, 4.69) is 15.9 Å². The second kappa shape index (κ2) is 10.9. The molecule has 0 unspecified atom stereocenters. The Labute approximate surface area is 211 Å². The van der Waals surface area contributed by atoms with E-state index < -0.39 is 0 Å². The monoisotopic (exact) mass is 537 g/mol. The van der Waals surface area contributed by atoms with Gasteiger partial charge in [-0.25, -0.2) is 0 Å². The standard InChI is InChI=1S/C27H24BrNO4S/c1-18-3-7-20(8-4-18)17-33-24-12-9-22(28)15-21(24)16-25-26(30)29(27(31)34-25)13-14-32-23-10-5-19(2)6-11-23/h3-12,15-16H,13-14,17H2,1-2H3/b25-16-. The second-order valence-corrected chi connectivity index (χ2v) is 9.86. The Bertz CT molecular complexity index is 1220. The van der Waals surface area contributed by atoms with Crippen molar-refractivity contribution in [3.63, 3.8) is 0 Å². The summed E-state index contributed by atoms with van der Waals surface area (Å²) >= 11 is 4.41. The number of halogens is 1. The molecule has 0 saturated carbocycles. The summed E-state index contributed by atoms with van der Waals surface area (Å²) in [5.74, 6) is 1.02. The number of carbonyl (C=O) groups excluding carboxylic acids is 2. The van der Waals surface area contributed by atoms with Gasteiger partial charge in [0.15, 0.2) is 0 Å². The fraction of sp³-hybridized carbons (Fsp3) is 0.185. The van der Waals surface area contributed by atoms with Crippen LogP contribution in [0.3, 0.4) is 0 Å². The normalized spacial score (nSPS) is 14.7. The smallest absolute Gasteiger partial charge is 0.293 e. The first-order valence-corrected chi connectivity index (χ1v) is 12.4. The van der Waals surface area contributed by atoms with Crippen LogP contribution in [-0.4, -0.2) is 29.2 Å². The number of nitrogens with zero attached hydrogens (tertiary/aromatic N) is 1. The topological polar surface area (TPSA) is 55.8 Å². The third-order valence-corrected chi connectivity index (χ3v) is 6.65. The fourth-order valence-electron chi connectivity index (χ4n) is 3.33. The molecule has 0 spiro atoms. The minimum absolute atomic E-state index is 0.186. The third-order valence-electron chi connectivity index (χ3n) is 5.25. The van der Waals surface area contributed by atoms with E-state index in [0.717, 1.165) is 32.9 Å². The zero-order valence-electron chi connectivity index (χ0n) is 18.9. The largest absolute Gasteiger partial charge is 0.492 e. The number of hydrogen-bond acceptors (Lipinski definition) is 5. The number of aryl methyl sites for hydroxylation is 2. The van der Waals surface area contributed by atoms with Gasteiger partial charge in [0.1, 0.15) is 24.7 Å². The number of hydrogen-bond donors (Lipinski definition) is 0. The molecule has 174 valence electrons. The van der Waals surface area contributed by atoms with Crippen molar-refractivity contribution in [2.45, 2.75) is 20.5 Å². The van der Waals surface area contributed by atoms with Crippen molar-refractivity contribution in [2.75, 3.05) is 13.2 Å². The lowest BCUT2D eigenvalue weighted by atomic mass is 10.1. The lowest BCUT2D eigenvalue weighted by molar-refractivity contribution is -0.123. The molecule has 1 aliphatic rings. The Morgan fingerprint density at radius 2 is 1.59 bits per heavy atom. The average Bonchev–Trinajstić information content (AvgIpc) is 3.08. The Hall–Kier alpha value is -3.03. The SMILES string of the molecule is Cc1ccc(COc2ccc(Br)cc2/C=C2\SC(=O)N(CCOc3ccc(C)cc3)C2=O)cc1. The van der Waals surface area contributed by atoms with Gasteiger partial charge in [0.05, 0.1) is 11.4 Å². The molecule has 1 aliphatic heterocycles. The molecule has 3 aromatic carbocycles. The van der Waals surface area contributed by atoms with Crippen LogP contribution in [0.4, 0.5) is 4.79 Å². The van der Waals surface area contributed by atoms with Gasteiger partial charge in [-0.15, -0.1) is 0 Å². The predicted octanol–water partition coefficient (Wildman–Crippen LogP) is 6.76. The molecule has 4 rings (SSSR count). The molecule has 1 saturated heterocycles. The first kappa shape index (κ1) is 24.1. The third kappa shape index (κ3) is 6.10. The maximum atomic E-state index is 12.9. The molecule has 0 aliphatic carbocycles. The Morgan fingerprint density at radius 1 is 0.912 bits per heavy atom. The lowest BCUT2D eigenvalue weighted by Gasteiger charge is -2.13. The van der Waals surface area contributed by atoms with Gasteiger partial charge in [0.25, 0.3) is 11.1 Å². The van der Waals surface area contributed by atoms with Crippen molar-refractivity contribution in [3.8, 4) is 11.5 Å². The van der Waals surface area contributed by atoms with E-state index in [1.165, 1.54) is 10.5 Å². The highest BCUT2D eigenvalue weighted by atomic mass is 79.9. The van der Waals surface area contributed by atoms with Crippen molar-refractivity contribution in [3.05, 3.63) is 98.4 Å². The summed E-state index contributed by atoms with van der Waals surface area (Å²) in [6, 6.07) is 21.4. The number of amides is 2. The number of benzene rings is 3. The van der Waals surface area contributed by atoms with E-state index >= 15 is 0 Å². The van der Waals surface area contributed by atoms with Crippen LogP contribution in [0.1, 0.15) is 22.3 Å². The molecule has 0 aromatic heterocycles. The van der Waals surface area contributed by atoms with Gasteiger partial charge in [-0.3, -0.25) is 14.5 Å². The van der Waals surface area contributed by atoms with Gasteiger partial charge in [0.2, 0.25) is 0 Å². The summed E-state index contributed by atoms with van der Waals surface area (Å²) in [5.41, 5.74) is 4.10. The van der Waals surface area contributed by atoms with E-state index in [0.29, 0.717) is 23.0 Å². The molecule has 3 aromatic rings. The van der Waals surface area contributed by atoms with Gasteiger partial charge in [-0.05, 0) is 67.6 Å². The van der Waals surface area contributed by atoms with Crippen LogP contribution in [0.2, 0.25) is 0 Å². The van der Waals surface area contributed by atoms with Crippen molar-refractivity contribution in [1.29, 1.82) is 0 Å². The van der Waals surface area contributed by atoms with Crippen molar-refractivity contribution < 1.29 is 19.1 Å². The molecule has 1 heterocycles. The number of ether oxygens (including phenoxy) is 2. The Kier molecular flexibility index (Phi) is 7.75. The van der Waals surface area contributed by atoms with Crippen molar-refractivity contribution in [1.82, 2.24) is 4.90 Å². The van der Waals surface area contributed by atoms with Gasteiger partial charge in [-0.1, -0.05) is 63.5 Å². The molecule has 34 heavy (non-hydrogen) atoms. The van der Waals surface area contributed by atoms with Crippen LogP contribution in [0, 0.1) is 13.8 Å². The zero-order valence-corrected chi connectivity index (χ0v) is 21.3. The van der Waals surface area contributed by atoms with Gasteiger partial charge in [-0.2, -0.15) is 0 Å². The number of thioether (sulfide) groups is 1. The minimum atomic E-state index is -0.327. The van der Waals surface area contributed by atoms with Crippen molar-refractivity contribution in [2.24, 2.45) is 0 Å². The van der Waals surface area contributed by atoms with E-state index in [1.807, 2.05) is 80.6 Å². The highest BCUT2D eigenvalue weighted by Gasteiger charge is 2.35.